The second kappa shape index (κ2) is 11.2. The molecule has 0 saturated carbocycles. The summed E-state index contributed by atoms with van der Waals surface area (Å²) < 4.78 is 120. The van der Waals surface area contributed by atoms with Crippen LogP contribution in [0.3, 0.4) is 0 Å². The molecule has 210 valence electrons. The van der Waals surface area contributed by atoms with Crippen LogP contribution in [-0.2, 0) is 29.9 Å². The molecule has 1 heterocycles. The summed E-state index contributed by atoms with van der Waals surface area (Å²) in [5, 5.41) is 9.70. The molecule has 3 atom stereocenters. The number of carboxylic acids is 1. The summed E-state index contributed by atoms with van der Waals surface area (Å²) in [5.41, 5.74) is -3.75. The zero-order valence-corrected chi connectivity index (χ0v) is 20.2. The lowest BCUT2D eigenvalue weighted by Crippen LogP contribution is -2.40. The van der Waals surface area contributed by atoms with E-state index in [2.05, 4.69) is 0 Å². The average molecular weight is 555 g/mol. The Morgan fingerprint density at radius 2 is 1.50 bits per heavy atom. The van der Waals surface area contributed by atoms with Crippen LogP contribution in [-0.4, -0.2) is 22.5 Å². The van der Waals surface area contributed by atoms with E-state index in [1.54, 1.807) is 6.92 Å². The first-order valence-corrected chi connectivity index (χ1v) is 11.9. The predicted octanol–water partition coefficient (Wildman–Crippen LogP) is 8.20. The Bertz CT molecular complexity index is 1110. The van der Waals surface area contributed by atoms with Crippen molar-refractivity contribution in [1.82, 2.24) is 4.90 Å². The first-order valence-electron chi connectivity index (χ1n) is 11.9. The Morgan fingerprint density at radius 3 is 2.00 bits per heavy atom. The van der Waals surface area contributed by atoms with E-state index in [4.69, 9.17) is 0 Å². The zero-order chi connectivity index (χ0) is 28.5. The molecule has 1 fully saturated rings. The number of nitrogens with zero attached hydrogens (tertiary/aromatic N) is 1. The average Bonchev–Trinajstić information content (AvgIpc) is 2.81. The Kier molecular flexibility index (Phi) is 8.74. The molecule has 0 radical (unpaired) electrons. The third-order valence-electron chi connectivity index (χ3n) is 6.97. The summed E-state index contributed by atoms with van der Waals surface area (Å²) in [7, 11) is 0. The molecule has 1 saturated heterocycles. The first-order chi connectivity index (χ1) is 17.5. The fraction of sp³-hybridized carbons (Fsp3) is 0.500. The monoisotopic (exact) mass is 555 g/mol. The van der Waals surface area contributed by atoms with Crippen LogP contribution in [0.25, 0.3) is 0 Å². The molecule has 1 aliphatic heterocycles. The van der Waals surface area contributed by atoms with Crippen molar-refractivity contribution in [2.45, 2.75) is 63.7 Å². The van der Waals surface area contributed by atoms with Gasteiger partial charge in [0, 0.05) is 12.6 Å². The number of benzene rings is 2. The summed E-state index contributed by atoms with van der Waals surface area (Å²) in [5.74, 6) is -2.23. The van der Waals surface area contributed by atoms with Gasteiger partial charge in [-0.2, -0.15) is 39.5 Å². The summed E-state index contributed by atoms with van der Waals surface area (Å²) in [6, 6.07) is 4.37. The topological polar surface area (TPSA) is 40.5 Å². The maximum atomic E-state index is 13.7. The van der Waals surface area contributed by atoms with Gasteiger partial charge in [-0.1, -0.05) is 25.5 Å². The van der Waals surface area contributed by atoms with Gasteiger partial charge in [0.15, 0.2) is 0 Å². The van der Waals surface area contributed by atoms with Crippen molar-refractivity contribution in [2.24, 2.45) is 11.8 Å². The predicted molar refractivity (Wildman–Crippen MR) is 120 cm³/mol. The van der Waals surface area contributed by atoms with E-state index in [1.807, 2.05) is 0 Å². The van der Waals surface area contributed by atoms with E-state index in [0.29, 0.717) is 36.6 Å². The van der Waals surface area contributed by atoms with Crippen molar-refractivity contribution < 1.29 is 49.4 Å². The Balaban J connectivity index is 2.03. The third-order valence-corrected chi connectivity index (χ3v) is 6.97. The van der Waals surface area contributed by atoms with Crippen LogP contribution < -0.4 is 0 Å². The minimum Gasteiger partial charge on any atom is -0.481 e. The molecular formula is C26H26F9NO2. The van der Waals surface area contributed by atoms with Crippen molar-refractivity contribution in [3.8, 4) is 0 Å². The molecule has 1 N–H and O–H groups in total. The molecule has 12 heteroatoms. The Labute approximate surface area is 213 Å². The van der Waals surface area contributed by atoms with Crippen molar-refractivity contribution in [1.29, 1.82) is 0 Å². The summed E-state index contributed by atoms with van der Waals surface area (Å²) >= 11 is 0. The number of hydrogen-bond donors (Lipinski definition) is 1. The van der Waals surface area contributed by atoms with Gasteiger partial charge in [-0.3, -0.25) is 9.69 Å². The molecular weight excluding hydrogens is 529 g/mol. The largest absolute Gasteiger partial charge is 0.481 e. The lowest BCUT2D eigenvalue weighted by atomic mass is 9.77. The van der Waals surface area contributed by atoms with Gasteiger partial charge in [0.1, 0.15) is 0 Å². The van der Waals surface area contributed by atoms with Crippen LogP contribution >= 0.6 is 0 Å². The lowest BCUT2D eigenvalue weighted by Gasteiger charge is -2.42. The highest BCUT2D eigenvalue weighted by atomic mass is 19.4. The highest BCUT2D eigenvalue weighted by molar-refractivity contribution is 5.70. The number of aliphatic carboxylic acids is 1. The lowest BCUT2D eigenvalue weighted by molar-refractivity contribution is -0.145. The van der Waals surface area contributed by atoms with Gasteiger partial charge in [0.05, 0.1) is 22.6 Å². The molecule has 2 aromatic rings. The number of hydrogen-bond acceptors (Lipinski definition) is 2. The van der Waals surface area contributed by atoms with Crippen molar-refractivity contribution >= 4 is 5.97 Å². The van der Waals surface area contributed by atoms with E-state index < -0.39 is 71.2 Å². The molecule has 0 amide bonds. The van der Waals surface area contributed by atoms with E-state index in [1.165, 1.54) is 17.0 Å². The minimum atomic E-state index is -4.93. The first kappa shape index (κ1) is 29.8. The molecule has 0 bridgehead atoms. The standard InChI is InChI=1S/C26H26F9NO2/c1-2-3-20(23(37)38)16-10-11-36(22(13-16)15-4-6-18(7-5-15)24(27,28)29)14-17-12-19(25(30,31)32)8-9-21(17)26(33,34)35/h4-9,12,16,20,22H,2-3,10-11,13-14H2,1H3,(H,37,38)/t16?,20-,22?/m0/s1. The zero-order valence-electron chi connectivity index (χ0n) is 20.2. The molecule has 0 aromatic heterocycles. The van der Waals surface area contributed by atoms with E-state index in [9.17, 15) is 49.4 Å². The fourth-order valence-corrected chi connectivity index (χ4v) is 5.11. The van der Waals surface area contributed by atoms with Gasteiger partial charge in [-0.25, -0.2) is 0 Å². The number of carbonyl (C=O) groups is 1. The summed E-state index contributed by atoms with van der Waals surface area (Å²) in [6.45, 7) is 1.30. The minimum absolute atomic E-state index is 0.0530. The van der Waals surface area contributed by atoms with Crippen molar-refractivity contribution in [2.75, 3.05) is 6.54 Å². The molecule has 3 nitrogen and oxygen atoms in total. The molecule has 2 aromatic carbocycles. The highest BCUT2D eigenvalue weighted by Crippen LogP contribution is 2.43. The van der Waals surface area contributed by atoms with Gasteiger partial charge >= 0.3 is 24.5 Å². The molecule has 0 aliphatic carbocycles. The van der Waals surface area contributed by atoms with Crippen LogP contribution in [0.2, 0.25) is 0 Å². The van der Waals surface area contributed by atoms with E-state index in [-0.39, 0.29) is 19.4 Å². The van der Waals surface area contributed by atoms with Crippen LogP contribution in [0.15, 0.2) is 42.5 Å². The van der Waals surface area contributed by atoms with Gasteiger partial charge < -0.3 is 5.11 Å². The number of halogens is 9. The molecule has 38 heavy (non-hydrogen) atoms. The van der Waals surface area contributed by atoms with Crippen LogP contribution in [0.1, 0.15) is 66.5 Å². The Hall–Kier alpha value is -2.76. The van der Waals surface area contributed by atoms with E-state index in [0.717, 1.165) is 12.1 Å². The molecule has 2 unspecified atom stereocenters. The number of likely N-dealkylation sites (tertiary alicyclic amines) is 1. The van der Waals surface area contributed by atoms with Gasteiger partial charge in [0.25, 0.3) is 0 Å². The van der Waals surface area contributed by atoms with Gasteiger partial charge in [-0.05, 0) is 73.2 Å². The normalized spacial score (nSPS) is 20.4. The number of rotatable bonds is 7. The molecule has 0 spiro atoms. The van der Waals surface area contributed by atoms with Crippen LogP contribution in [0.4, 0.5) is 39.5 Å². The van der Waals surface area contributed by atoms with Crippen LogP contribution in [0.5, 0.6) is 0 Å². The molecule has 1 aliphatic rings. The number of alkyl halides is 9. The smallest absolute Gasteiger partial charge is 0.416 e. The van der Waals surface area contributed by atoms with E-state index >= 15 is 0 Å². The SMILES string of the molecule is CCC[C@H](C(=O)O)C1CCN(Cc2cc(C(F)(F)F)ccc2C(F)(F)F)C(c2ccc(C(F)(F)F)cc2)C1. The fourth-order valence-electron chi connectivity index (χ4n) is 5.11. The van der Waals surface area contributed by atoms with Crippen LogP contribution in [0, 0.1) is 11.8 Å². The van der Waals surface area contributed by atoms with Crippen molar-refractivity contribution in [3.63, 3.8) is 0 Å². The van der Waals surface area contributed by atoms with Gasteiger partial charge in [-0.15, -0.1) is 0 Å². The maximum absolute atomic E-state index is 13.7. The second-order valence-electron chi connectivity index (χ2n) is 9.49. The quantitative estimate of drug-likeness (QED) is 0.350. The number of carboxylic acid groups (broad SMARTS) is 1. The maximum Gasteiger partial charge on any atom is 0.416 e. The second-order valence-corrected chi connectivity index (χ2v) is 9.49. The van der Waals surface area contributed by atoms with Gasteiger partial charge in [0.2, 0.25) is 0 Å². The molecule has 3 rings (SSSR count). The van der Waals surface area contributed by atoms with Crippen molar-refractivity contribution in [3.05, 3.63) is 70.3 Å². The summed E-state index contributed by atoms with van der Waals surface area (Å²) in [4.78, 5) is 13.4. The third kappa shape index (κ3) is 7.00. The highest BCUT2D eigenvalue weighted by Gasteiger charge is 2.40. The Morgan fingerprint density at radius 1 is 0.921 bits per heavy atom. The summed E-state index contributed by atoms with van der Waals surface area (Å²) in [6.07, 6.45) is -13.2. The number of piperidine rings is 1.